The van der Waals surface area contributed by atoms with E-state index < -0.39 is 0 Å². The molecule has 2 aromatic heterocycles. The Bertz CT molecular complexity index is 983. The van der Waals surface area contributed by atoms with E-state index in [-0.39, 0.29) is 11.9 Å². The minimum absolute atomic E-state index is 0.130. The van der Waals surface area contributed by atoms with E-state index in [9.17, 15) is 4.79 Å². The molecule has 29 heavy (non-hydrogen) atoms. The normalized spacial score (nSPS) is 11.1. The summed E-state index contributed by atoms with van der Waals surface area (Å²) in [6.45, 7) is 6.90. The van der Waals surface area contributed by atoms with Crippen molar-refractivity contribution < 1.29 is 9.53 Å². The Morgan fingerprint density at radius 1 is 1.17 bits per heavy atom. The number of rotatable bonds is 7. The molecule has 1 aromatic carbocycles. The Kier molecular flexibility index (Phi) is 7.28. The highest BCUT2D eigenvalue weighted by Gasteiger charge is 2.25. The topological polar surface area (TPSA) is 44.1 Å². The molecular formula is C22H22Cl2N2O2S. The fraction of sp³-hybridized carbons (Fsp3) is 0.273. The zero-order valence-electron chi connectivity index (χ0n) is 16.5. The van der Waals surface area contributed by atoms with Crippen LogP contribution in [0.3, 0.4) is 0 Å². The predicted molar refractivity (Wildman–Crippen MR) is 118 cm³/mol. The molecule has 0 aliphatic heterocycles. The third-order valence-electron chi connectivity index (χ3n) is 4.29. The quantitative estimate of drug-likeness (QED) is 0.377. The standard InChI is InChI=1S/C22H22Cl2N2O2S/c1-4-28-22(27)19-13-26(12-15-5-7-25-8-6-15)21(20(19)14(2)3)29-18-10-16(23)9-17(24)11-18/h5-11,13-14H,4,12H2,1-3H3. The monoisotopic (exact) mass is 448 g/mol. The van der Waals surface area contributed by atoms with Crippen LogP contribution in [-0.4, -0.2) is 22.1 Å². The van der Waals surface area contributed by atoms with Crippen molar-refractivity contribution in [2.45, 2.75) is 43.2 Å². The molecule has 0 atom stereocenters. The van der Waals surface area contributed by atoms with Crippen LogP contribution in [0.15, 0.2) is 58.8 Å². The minimum atomic E-state index is -0.310. The van der Waals surface area contributed by atoms with E-state index in [2.05, 4.69) is 23.4 Å². The molecule has 0 saturated carbocycles. The zero-order valence-corrected chi connectivity index (χ0v) is 18.8. The first-order valence-electron chi connectivity index (χ1n) is 9.32. The number of benzene rings is 1. The van der Waals surface area contributed by atoms with Gasteiger partial charge in [-0.3, -0.25) is 4.98 Å². The highest BCUT2D eigenvalue weighted by atomic mass is 35.5. The molecule has 7 heteroatoms. The van der Waals surface area contributed by atoms with Crippen molar-refractivity contribution in [3.05, 3.63) is 75.7 Å². The maximum absolute atomic E-state index is 12.7. The molecule has 0 spiro atoms. The van der Waals surface area contributed by atoms with E-state index in [1.165, 1.54) is 0 Å². The number of halogens is 2. The minimum Gasteiger partial charge on any atom is -0.462 e. The molecule has 152 valence electrons. The summed E-state index contributed by atoms with van der Waals surface area (Å²) in [5.41, 5.74) is 2.64. The average molecular weight is 449 g/mol. The van der Waals surface area contributed by atoms with Crippen LogP contribution in [0.4, 0.5) is 0 Å². The molecule has 3 rings (SSSR count). The molecule has 0 N–H and O–H groups in total. The molecule has 0 unspecified atom stereocenters. The number of esters is 1. The van der Waals surface area contributed by atoms with E-state index in [1.54, 1.807) is 30.2 Å². The van der Waals surface area contributed by atoms with Gasteiger partial charge in [0, 0.05) is 45.6 Å². The van der Waals surface area contributed by atoms with E-state index in [4.69, 9.17) is 27.9 Å². The van der Waals surface area contributed by atoms with Crippen molar-refractivity contribution in [3.8, 4) is 0 Å². The Labute approximate surface area is 185 Å². The number of pyridine rings is 1. The Balaban J connectivity index is 2.11. The highest BCUT2D eigenvalue weighted by molar-refractivity contribution is 7.99. The number of carbonyl (C=O) groups is 1. The molecule has 0 fully saturated rings. The van der Waals surface area contributed by atoms with Gasteiger partial charge in [-0.15, -0.1) is 0 Å². The second kappa shape index (κ2) is 9.70. The fourth-order valence-corrected chi connectivity index (χ4v) is 5.04. The Hall–Kier alpha value is -1.95. The second-order valence-corrected chi connectivity index (χ2v) is 8.76. The SMILES string of the molecule is CCOC(=O)c1cn(Cc2ccncc2)c(Sc2cc(Cl)cc(Cl)c2)c1C(C)C. The largest absolute Gasteiger partial charge is 0.462 e. The number of ether oxygens (including phenoxy) is 1. The molecule has 0 aliphatic carbocycles. The van der Waals surface area contributed by atoms with Crippen LogP contribution in [0.5, 0.6) is 0 Å². The van der Waals surface area contributed by atoms with E-state index >= 15 is 0 Å². The van der Waals surface area contributed by atoms with Crippen LogP contribution in [0.2, 0.25) is 10.0 Å². The fourth-order valence-electron chi connectivity index (χ4n) is 3.10. The first-order chi connectivity index (χ1) is 13.9. The average Bonchev–Trinajstić information content (AvgIpc) is 3.00. The molecule has 4 nitrogen and oxygen atoms in total. The van der Waals surface area contributed by atoms with Gasteiger partial charge in [-0.05, 0) is 48.7 Å². The van der Waals surface area contributed by atoms with E-state index in [0.717, 1.165) is 21.0 Å². The molecular weight excluding hydrogens is 427 g/mol. The van der Waals surface area contributed by atoms with Crippen LogP contribution in [0, 0.1) is 0 Å². The lowest BCUT2D eigenvalue weighted by atomic mass is 10.0. The molecule has 3 aromatic rings. The van der Waals surface area contributed by atoms with Crippen LogP contribution in [-0.2, 0) is 11.3 Å². The van der Waals surface area contributed by atoms with Crippen LogP contribution < -0.4 is 0 Å². The second-order valence-electron chi connectivity index (χ2n) is 6.83. The lowest BCUT2D eigenvalue weighted by molar-refractivity contribution is 0.0524. The van der Waals surface area contributed by atoms with Gasteiger partial charge in [0.1, 0.15) is 0 Å². The van der Waals surface area contributed by atoms with Crippen molar-refractivity contribution in [1.82, 2.24) is 9.55 Å². The van der Waals surface area contributed by atoms with Gasteiger partial charge in [0.15, 0.2) is 0 Å². The summed E-state index contributed by atoms with van der Waals surface area (Å²) < 4.78 is 7.39. The smallest absolute Gasteiger partial charge is 0.340 e. The van der Waals surface area contributed by atoms with E-state index in [1.807, 2.05) is 37.4 Å². The van der Waals surface area contributed by atoms with Gasteiger partial charge in [0.05, 0.1) is 17.2 Å². The third-order valence-corrected chi connectivity index (χ3v) is 5.85. The number of hydrogen-bond donors (Lipinski definition) is 0. The van der Waals surface area contributed by atoms with Gasteiger partial charge in [0.25, 0.3) is 0 Å². The summed E-state index contributed by atoms with van der Waals surface area (Å²) in [6, 6.07) is 9.37. The predicted octanol–water partition coefficient (Wildman–Crippen LogP) is 6.69. The molecule has 0 bridgehead atoms. The van der Waals surface area contributed by atoms with Crippen LogP contribution >= 0.6 is 35.0 Å². The van der Waals surface area contributed by atoms with Gasteiger partial charge in [-0.2, -0.15) is 0 Å². The Morgan fingerprint density at radius 3 is 2.41 bits per heavy atom. The van der Waals surface area contributed by atoms with Gasteiger partial charge >= 0.3 is 5.97 Å². The molecule has 0 amide bonds. The van der Waals surface area contributed by atoms with Crippen molar-refractivity contribution in [3.63, 3.8) is 0 Å². The number of nitrogens with zero attached hydrogens (tertiary/aromatic N) is 2. The molecule has 0 aliphatic rings. The summed E-state index contributed by atoms with van der Waals surface area (Å²) in [7, 11) is 0. The van der Waals surface area contributed by atoms with Crippen molar-refractivity contribution in [2.75, 3.05) is 6.61 Å². The first kappa shape index (κ1) is 21.8. The molecule has 0 radical (unpaired) electrons. The number of carbonyl (C=O) groups excluding carboxylic acids is 1. The van der Waals surface area contributed by atoms with Crippen molar-refractivity contribution in [1.29, 1.82) is 0 Å². The third kappa shape index (κ3) is 5.35. The summed E-state index contributed by atoms with van der Waals surface area (Å²) in [6.07, 6.45) is 5.40. The van der Waals surface area contributed by atoms with Crippen LogP contribution in [0.1, 0.15) is 48.2 Å². The van der Waals surface area contributed by atoms with Gasteiger partial charge in [-0.25, -0.2) is 4.79 Å². The first-order valence-corrected chi connectivity index (χ1v) is 10.9. The van der Waals surface area contributed by atoms with Crippen molar-refractivity contribution in [2.24, 2.45) is 0 Å². The van der Waals surface area contributed by atoms with Gasteiger partial charge < -0.3 is 9.30 Å². The molecule has 2 heterocycles. The zero-order chi connectivity index (χ0) is 21.0. The summed E-state index contributed by atoms with van der Waals surface area (Å²) in [5, 5.41) is 2.12. The summed E-state index contributed by atoms with van der Waals surface area (Å²) >= 11 is 13.9. The van der Waals surface area contributed by atoms with Crippen LogP contribution in [0.25, 0.3) is 0 Å². The lowest BCUT2D eigenvalue weighted by Crippen LogP contribution is -2.07. The lowest BCUT2D eigenvalue weighted by Gasteiger charge is -2.14. The molecule has 0 saturated heterocycles. The maximum atomic E-state index is 12.7. The number of aromatic nitrogens is 2. The summed E-state index contributed by atoms with van der Waals surface area (Å²) in [4.78, 5) is 17.6. The highest BCUT2D eigenvalue weighted by Crippen LogP contribution is 2.39. The van der Waals surface area contributed by atoms with Crippen molar-refractivity contribution >= 4 is 40.9 Å². The number of hydrogen-bond acceptors (Lipinski definition) is 4. The van der Waals surface area contributed by atoms with Gasteiger partial charge in [-0.1, -0.05) is 48.8 Å². The Morgan fingerprint density at radius 2 is 1.83 bits per heavy atom. The van der Waals surface area contributed by atoms with Gasteiger partial charge in [0.2, 0.25) is 0 Å². The van der Waals surface area contributed by atoms with E-state index in [0.29, 0.717) is 28.8 Å². The maximum Gasteiger partial charge on any atom is 0.340 e. The summed E-state index contributed by atoms with van der Waals surface area (Å²) in [5.74, 6) is -0.180.